The largest absolute Gasteiger partial charge is 0.491 e. The third-order valence-electron chi connectivity index (χ3n) is 7.26. The number of anilines is 2. The lowest BCUT2D eigenvalue weighted by molar-refractivity contribution is -0.189. The van der Waals surface area contributed by atoms with Crippen LogP contribution < -0.4 is 15.0 Å². The molecule has 0 bridgehead atoms. The average molecular weight is 596 g/mol. The molecule has 5 rings (SSSR count). The van der Waals surface area contributed by atoms with Crippen LogP contribution in [0.5, 0.6) is 5.88 Å². The zero-order valence-electron chi connectivity index (χ0n) is 23.6. The maximum atomic E-state index is 13.3. The van der Waals surface area contributed by atoms with Gasteiger partial charge in [0, 0.05) is 50.4 Å². The van der Waals surface area contributed by atoms with Crippen molar-refractivity contribution < 1.29 is 32.3 Å². The molecule has 2 amide bonds. The molecule has 224 valence electrons. The summed E-state index contributed by atoms with van der Waals surface area (Å²) in [4.78, 5) is 44.7. The number of aryl methyl sites for hydroxylation is 1. The molecule has 0 spiro atoms. The number of rotatable bonds is 7. The number of hydrogen-bond acceptors (Lipinski definition) is 8. The Hall–Kier alpha value is -5.01. The number of esters is 1. The van der Waals surface area contributed by atoms with E-state index in [2.05, 4.69) is 25.2 Å². The fourth-order valence-corrected chi connectivity index (χ4v) is 4.73. The van der Waals surface area contributed by atoms with Gasteiger partial charge in [-0.25, -0.2) is 9.78 Å². The van der Waals surface area contributed by atoms with Gasteiger partial charge in [0.25, 0.3) is 5.91 Å². The molecule has 2 aromatic heterocycles. The van der Waals surface area contributed by atoms with Crippen molar-refractivity contribution in [2.24, 2.45) is 7.05 Å². The average Bonchev–Trinajstić information content (AvgIpc) is 3.37. The Kier molecular flexibility index (Phi) is 8.02. The van der Waals surface area contributed by atoms with E-state index in [4.69, 9.17) is 0 Å². The van der Waals surface area contributed by atoms with Crippen LogP contribution in [0.4, 0.5) is 24.5 Å². The Morgan fingerprint density at radius 1 is 1.09 bits per heavy atom. The van der Waals surface area contributed by atoms with Crippen LogP contribution in [0.1, 0.15) is 34.7 Å². The van der Waals surface area contributed by atoms with Crippen molar-refractivity contribution in [1.29, 1.82) is 0 Å². The second-order valence-corrected chi connectivity index (χ2v) is 10.4. The van der Waals surface area contributed by atoms with Gasteiger partial charge >= 0.3 is 12.1 Å². The Balaban J connectivity index is 1.44. The predicted octanol–water partition coefficient (Wildman–Crippen LogP) is 3.71. The number of carbonyl (C=O) groups is 3. The van der Waals surface area contributed by atoms with Crippen molar-refractivity contribution in [2.75, 3.05) is 36.9 Å². The number of likely N-dealkylation sites (N-methyl/N-ethyl adjacent to an activating group) is 1. The Morgan fingerprint density at radius 3 is 2.58 bits per heavy atom. The lowest BCUT2D eigenvalue weighted by Gasteiger charge is -2.33. The second kappa shape index (κ2) is 11.7. The summed E-state index contributed by atoms with van der Waals surface area (Å²) in [6, 6.07) is 13.2. The van der Waals surface area contributed by atoms with Crippen molar-refractivity contribution in [3.05, 3.63) is 71.9 Å². The molecule has 0 saturated carbocycles. The predicted molar refractivity (Wildman–Crippen MR) is 151 cm³/mol. The van der Waals surface area contributed by atoms with Gasteiger partial charge in [-0.3, -0.25) is 9.59 Å². The smallest absolute Gasteiger partial charge is 0.400 e. The van der Waals surface area contributed by atoms with E-state index in [1.807, 2.05) is 29.5 Å². The molecule has 3 heterocycles. The first kappa shape index (κ1) is 29.5. The first-order valence-corrected chi connectivity index (χ1v) is 13.4. The van der Waals surface area contributed by atoms with Gasteiger partial charge in [-0.2, -0.15) is 13.2 Å². The van der Waals surface area contributed by atoms with Gasteiger partial charge in [0.15, 0.2) is 0 Å². The number of alkyl halides is 3. The molecule has 14 heteroatoms. The van der Waals surface area contributed by atoms with E-state index in [-0.39, 0.29) is 29.4 Å². The van der Waals surface area contributed by atoms with E-state index in [1.54, 1.807) is 48.6 Å². The van der Waals surface area contributed by atoms with Gasteiger partial charge in [-0.1, -0.05) is 19.1 Å². The maximum absolute atomic E-state index is 13.3. The molecule has 11 nitrogen and oxygen atoms in total. The van der Waals surface area contributed by atoms with Crippen molar-refractivity contribution in [2.45, 2.75) is 25.4 Å². The minimum atomic E-state index is -5.27. The van der Waals surface area contributed by atoms with E-state index in [0.29, 0.717) is 36.3 Å². The van der Waals surface area contributed by atoms with E-state index in [0.717, 1.165) is 11.4 Å². The van der Waals surface area contributed by atoms with Crippen LogP contribution in [-0.2, 0) is 23.1 Å². The van der Waals surface area contributed by atoms with E-state index < -0.39 is 23.9 Å². The fraction of sp³-hybridized carbons (Fsp3) is 0.310. The highest BCUT2D eigenvalue weighted by molar-refractivity contribution is 6.06. The molecule has 0 radical (unpaired) electrons. The zero-order chi connectivity index (χ0) is 30.9. The summed E-state index contributed by atoms with van der Waals surface area (Å²) >= 11 is 0. The van der Waals surface area contributed by atoms with Crippen molar-refractivity contribution in [3.63, 3.8) is 0 Å². The van der Waals surface area contributed by atoms with Gasteiger partial charge in [-0.05, 0) is 53.3 Å². The molecule has 43 heavy (non-hydrogen) atoms. The number of hydrogen-bond donors (Lipinski definition) is 1. The summed E-state index contributed by atoms with van der Waals surface area (Å²) in [6.45, 7) is 3.15. The molecule has 0 unspecified atom stereocenters. The SMILES string of the molecule is C[C@H](Cc1nncn1C)c1cccc(NC(=O)c2cc3cc(N4CCN(C)C(=O)C4)ccc3c(OC(=O)C(F)(F)F)n2)c1. The number of fused-ring (bicyclic) bond motifs is 1. The van der Waals surface area contributed by atoms with Gasteiger partial charge < -0.3 is 24.4 Å². The van der Waals surface area contributed by atoms with Gasteiger partial charge in [0.1, 0.15) is 17.8 Å². The molecular weight excluding hydrogens is 567 g/mol. The molecule has 1 saturated heterocycles. The normalized spacial score (nSPS) is 14.6. The summed E-state index contributed by atoms with van der Waals surface area (Å²) in [5.74, 6) is -3.09. The molecule has 1 aliphatic rings. The Bertz CT molecular complexity index is 1710. The molecular formula is C29H28F3N7O4. The highest BCUT2D eigenvalue weighted by Crippen LogP contribution is 2.31. The third kappa shape index (κ3) is 6.58. The maximum Gasteiger partial charge on any atom is 0.491 e. The quantitative estimate of drug-likeness (QED) is 0.321. The summed E-state index contributed by atoms with van der Waals surface area (Å²) in [5, 5.41) is 11.1. The molecule has 2 aromatic carbocycles. The fourth-order valence-electron chi connectivity index (χ4n) is 4.73. The van der Waals surface area contributed by atoms with Crippen LogP contribution in [0.15, 0.2) is 54.9 Å². The number of aromatic nitrogens is 4. The summed E-state index contributed by atoms with van der Waals surface area (Å²) in [6.07, 6.45) is -3.05. The van der Waals surface area contributed by atoms with Crippen LogP contribution in [-0.4, -0.2) is 75.3 Å². The zero-order valence-corrected chi connectivity index (χ0v) is 23.6. The van der Waals surface area contributed by atoms with Crippen molar-refractivity contribution >= 4 is 39.9 Å². The summed E-state index contributed by atoms with van der Waals surface area (Å²) < 4.78 is 45.6. The third-order valence-corrected chi connectivity index (χ3v) is 7.26. The number of nitrogens with one attached hydrogen (secondary N) is 1. The molecule has 1 N–H and O–H groups in total. The number of amides is 2. The van der Waals surface area contributed by atoms with Gasteiger partial charge in [-0.15, -0.1) is 10.2 Å². The van der Waals surface area contributed by atoms with Crippen LogP contribution in [0.2, 0.25) is 0 Å². The number of carbonyl (C=O) groups excluding carboxylic acids is 3. The number of nitrogens with zero attached hydrogens (tertiary/aromatic N) is 6. The summed E-state index contributed by atoms with van der Waals surface area (Å²) in [5.41, 5.74) is 1.71. The monoisotopic (exact) mass is 595 g/mol. The van der Waals surface area contributed by atoms with Crippen LogP contribution in [0, 0.1) is 0 Å². The van der Waals surface area contributed by atoms with Crippen LogP contribution in [0.3, 0.4) is 0 Å². The minimum absolute atomic E-state index is 0.0341. The topological polar surface area (TPSA) is 123 Å². The number of halogens is 3. The lowest BCUT2D eigenvalue weighted by atomic mass is 9.97. The first-order valence-electron chi connectivity index (χ1n) is 13.4. The highest BCUT2D eigenvalue weighted by atomic mass is 19.4. The highest BCUT2D eigenvalue weighted by Gasteiger charge is 2.42. The molecule has 1 atom stereocenters. The standard InChI is InChI=1S/C29H28F3N7O4/c1-17(11-24-36-33-16-38(24)3)18-5-4-6-20(12-18)34-26(41)23-14-19-13-21(39-10-9-37(2)25(40)15-39)7-8-22(19)27(35-23)43-28(42)29(30,31)32/h4-8,12-14,16-17H,9-11,15H2,1-3H3,(H,34,41)/t17-/m1/s1. The van der Waals surface area contributed by atoms with E-state index >= 15 is 0 Å². The van der Waals surface area contributed by atoms with Crippen molar-refractivity contribution in [3.8, 4) is 5.88 Å². The Morgan fingerprint density at radius 2 is 1.88 bits per heavy atom. The number of benzene rings is 2. The summed E-state index contributed by atoms with van der Waals surface area (Å²) in [7, 11) is 3.55. The molecule has 4 aromatic rings. The number of pyridine rings is 1. The molecule has 1 aliphatic heterocycles. The van der Waals surface area contributed by atoms with Gasteiger partial charge in [0.2, 0.25) is 11.8 Å². The second-order valence-electron chi connectivity index (χ2n) is 10.4. The minimum Gasteiger partial charge on any atom is -0.400 e. The van der Waals surface area contributed by atoms with Crippen molar-refractivity contribution in [1.82, 2.24) is 24.6 Å². The Labute approximate surface area is 244 Å². The lowest BCUT2D eigenvalue weighted by Crippen LogP contribution is -2.48. The number of piperazine rings is 1. The first-order chi connectivity index (χ1) is 20.4. The van der Waals surface area contributed by atoms with E-state index in [1.165, 1.54) is 12.1 Å². The molecule has 0 aliphatic carbocycles. The van der Waals surface area contributed by atoms with Crippen LogP contribution in [0.25, 0.3) is 10.8 Å². The number of ether oxygens (including phenoxy) is 1. The molecule has 1 fully saturated rings. The van der Waals surface area contributed by atoms with Crippen LogP contribution >= 0.6 is 0 Å². The van der Waals surface area contributed by atoms with Gasteiger partial charge in [0.05, 0.1) is 6.54 Å². The van der Waals surface area contributed by atoms with E-state index in [9.17, 15) is 27.6 Å².